The molecule has 0 heterocycles. The Morgan fingerprint density at radius 3 is 2.53 bits per heavy atom. The second-order valence-electron chi connectivity index (χ2n) is 3.82. The fraction of sp³-hybridized carbons (Fsp3) is 0. The van der Waals surface area contributed by atoms with Crippen molar-refractivity contribution < 1.29 is 9.31 Å². The highest BCUT2D eigenvalue weighted by Gasteiger charge is 2.15. The SMILES string of the molecule is O=[N+]([O-])/C(=C/c1cc(Cl)ccc1F)c1ccccc1. The average molecular weight is 278 g/mol. The molecule has 0 aromatic heterocycles. The lowest BCUT2D eigenvalue weighted by Crippen LogP contribution is -1.98. The molecule has 0 spiro atoms. The molecular formula is C14H9ClFNO2. The summed E-state index contributed by atoms with van der Waals surface area (Å²) in [6.45, 7) is 0. The van der Waals surface area contributed by atoms with Crippen LogP contribution in [0.5, 0.6) is 0 Å². The van der Waals surface area contributed by atoms with Crippen LogP contribution < -0.4 is 0 Å². The first kappa shape index (κ1) is 13.2. The van der Waals surface area contributed by atoms with E-state index in [2.05, 4.69) is 0 Å². The summed E-state index contributed by atoms with van der Waals surface area (Å²) in [4.78, 5) is 10.5. The van der Waals surface area contributed by atoms with Crippen molar-refractivity contribution in [1.82, 2.24) is 0 Å². The molecule has 0 radical (unpaired) electrons. The van der Waals surface area contributed by atoms with E-state index in [-0.39, 0.29) is 11.3 Å². The summed E-state index contributed by atoms with van der Waals surface area (Å²) < 4.78 is 13.6. The van der Waals surface area contributed by atoms with E-state index in [1.807, 2.05) is 0 Å². The first-order valence-electron chi connectivity index (χ1n) is 5.44. The molecule has 2 rings (SSSR count). The third-order valence-corrected chi connectivity index (χ3v) is 2.75. The molecule has 2 aromatic rings. The first-order valence-corrected chi connectivity index (χ1v) is 5.82. The Bertz CT molecular complexity index is 641. The molecule has 0 aliphatic heterocycles. The minimum absolute atomic E-state index is 0.0862. The summed E-state index contributed by atoms with van der Waals surface area (Å²) in [6.07, 6.45) is 1.18. The third kappa shape index (κ3) is 3.17. The van der Waals surface area contributed by atoms with Crippen molar-refractivity contribution in [1.29, 1.82) is 0 Å². The molecule has 0 saturated carbocycles. The molecule has 0 aliphatic rings. The van der Waals surface area contributed by atoms with Gasteiger partial charge in [-0.3, -0.25) is 10.1 Å². The lowest BCUT2D eigenvalue weighted by Gasteiger charge is -2.01. The topological polar surface area (TPSA) is 43.1 Å². The maximum Gasteiger partial charge on any atom is 0.277 e. The fourth-order valence-electron chi connectivity index (χ4n) is 1.62. The molecule has 0 bridgehead atoms. The van der Waals surface area contributed by atoms with Gasteiger partial charge in [-0.05, 0) is 30.3 Å². The predicted octanol–water partition coefficient (Wildman–Crippen LogP) is 4.25. The highest BCUT2D eigenvalue weighted by molar-refractivity contribution is 6.30. The lowest BCUT2D eigenvalue weighted by molar-refractivity contribution is -0.374. The van der Waals surface area contributed by atoms with Crippen molar-refractivity contribution in [3.63, 3.8) is 0 Å². The highest BCUT2D eigenvalue weighted by atomic mass is 35.5. The van der Waals surface area contributed by atoms with Crippen molar-refractivity contribution in [3.8, 4) is 0 Å². The van der Waals surface area contributed by atoms with E-state index in [9.17, 15) is 14.5 Å². The van der Waals surface area contributed by atoms with Crippen LogP contribution in [-0.4, -0.2) is 4.92 Å². The summed E-state index contributed by atoms with van der Waals surface area (Å²) in [7, 11) is 0. The zero-order chi connectivity index (χ0) is 13.8. The largest absolute Gasteiger partial charge is 0.277 e. The predicted molar refractivity (Wildman–Crippen MR) is 72.7 cm³/mol. The molecule has 2 aromatic carbocycles. The molecule has 0 aliphatic carbocycles. The Morgan fingerprint density at radius 1 is 1.21 bits per heavy atom. The van der Waals surface area contributed by atoms with Crippen LogP contribution in [0.2, 0.25) is 5.02 Å². The van der Waals surface area contributed by atoms with Gasteiger partial charge in [0.25, 0.3) is 5.70 Å². The van der Waals surface area contributed by atoms with E-state index in [0.29, 0.717) is 10.6 Å². The Hall–Kier alpha value is -2.20. The van der Waals surface area contributed by atoms with Gasteiger partial charge in [0.2, 0.25) is 0 Å². The molecule has 0 fully saturated rings. The van der Waals surface area contributed by atoms with E-state index in [1.165, 1.54) is 24.3 Å². The van der Waals surface area contributed by atoms with E-state index in [1.54, 1.807) is 30.3 Å². The van der Waals surface area contributed by atoms with Crippen LogP contribution in [0, 0.1) is 15.9 Å². The lowest BCUT2D eigenvalue weighted by atomic mass is 10.1. The van der Waals surface area contributed by atoms with Gasteiger partial charge in [-0.25, -0.2) is 4.39 Å². The summed E-state index contributed by atoms with van der Waals surface area (Å²) in [5, 5.41) is 11.4. The van der Waals surface area contributed by atoms with Crippen LogP contribution in [0.25, 0.3) is 11.8 Å². The molecule has 19 heavy (non-hydrogen) atoms. The van der Waals surface area contributed by atoms with Crippen LogP contribution in [0.1, 0.15) is 11.1 Å². The van der Waals surface area contributed by atoms with Crippen molar-refractivity contribution in [2.24, 2.45) is 0 Å². The molecule has 0 unspecified atom stereocenters. The zero-order valence-corrected chi connectivity index (χ0v) is 10.5. The molecule has 5 heteroatoms. The van der Waals surface area contributed by atoms with Gasteiger partial charge in [-0.2, -0.15) is 0 Å². The normalized spacial score (nSPS) is 11.4. The number of hydrogen-bond acceptors (Lipinski definition) is 2. The number of rotatable bonds is 3. The number of benzene rings is 2. The Balaban J connectivity index is 2.54. The van der Waals surface area contributed by atoms with Crippen LogP contribution in [0.4, 0.5) is 4.39 Å². The van der Waals surface area contributed by atoms with Crippen molar-refractivity contribution in [3.05, 3.63) is 80.6 Å². The standard InChI is InChI=1S/C14H9ClFNO2/c15-12-6-7-13(16)11(8-12)9-14(17(18)19)10-4-2-1-3-5-10/h1-9H/b14-9+. The van der Waals surface area contributed by atoms with E-state index in [0.717, 1.165) is 0 Å². The summed E-state index contributed by atoms with van der Waals surface area (Å²) in [6, 6.07) is 12.2. The minimum atomic E-state index is -0.556. The molecule has 3 nitrogen and oxygen atoms in total. The average Bonchev–Trinajstić information content (AvgIpc) is 2.40. The highest BCUT2D eigenvalue weighted by Crippen LogP contribution is 2.22. The summed E-state index contributed by atoms with van der Waals surface area (Å²) >= 11 is 5.76. The molecule has 0 saturated heterocycles. The van der Waals surface area contributed by atoms with E-state index < -0.39 is 10.7 Å². The molecule has 96 valence electrons. The number of hydrogen-bond donors (Lipinski definition) is 0. The third-order valence-electron chi connectivity index (χ3n) is 2.52. The maximum atomic E-state index is 13.6. The Kier molecular flexibility index (Phi) is 3.92. The van der Waals surface area contributed by atoms with Crippen molar-refractivity contribution in [2.45, 2.75) is 0 Å². The second-order valence-corrected chi connectivity index (χ2v) is 4.25. The smallest absolute Gasteiger partial charge is 0.258 e. The number of halogens is 2. The van der Waals surface area contributed by atoms with Gasteiger partial charge < -0.3 is 0 Å². The first-order chi connectivity index (χ1) is 9.08. The minimum Gasteiger partial charge on any atom is -0.258 e. The van der Waals surface area contributed by atoms with Crippen LogP contribution in [-0.2, 0) is 0 Å². The van der Waals surface area contributed by atoms with Crippen molar-refractivity contribution in [2.75, 3.05) is 0 Å². The molecular weight excluding hydrogens is 269 g/mol. The number of nitro groups is 1. The molecule has 0 amide bonds. The summed E-state index contributed by atoms with van der Waals surface area (Å²) in [5.74, 6) is -0.556. The molecule has 0 atom stereocenters. The maximum absolute atomic E-state index is 13.6. The second kappa shape index (κ2) is 5.63. The summed E-state index contributed by atoms with van der Waals surface area (Å²) in [5.41, 5.74) is 0.316. The van der Waals surface area contributed by atoms with Gasteiger partial charge in [0, 0.05) is 16.7 Å². The van der Waals surface area contributed by atoms with Gasteiger partial charge in [-0.15, -0.1) is 0 Å². The fourth-order valence-corrected chi connectivity index (χ4v) is 1.80. The van der Waals surface area contributed by atoms with E-state index in [4.69, 9.17) is 11.6 Å². The van der Waals surface area contributed by atoms with E-state index >= 15 is 0 Å². The van der Waals surface area contributed by atoms with Gasteiger partial charge in [0.05, 0.1) is 10.5 Å². The van der Waals surface area contributed by atoms with Crippen LogP contribution >= 0.6 is 11.6 Å². The number of nitrogens with zero attached hydrogens (tertiary/aromatic N) is 1. The Morgan fingerprint density at radius 2 is 1.89 bits per heavy atom. The van der Waals surface area contributed by atoms with Crippen LogP contribution in [0.3, 0.4) is 0 Å². The quantitative estimate of drug-likeness (QED) is 0.478. The molecule has 0 N–H and O–H groups in total. The van der Waals surface area contributed by atoms with Gasteiger partial charge in [0.15, 0.2) is 0 Å². The van der Waals surface area contributed by atoms with Crippen molar-refractivity contribution >= 4 is 23.4 Å². The zero-order valence-electron chi connectivity index (χ0n) is 9.72. The Labute approximate surface area is 114 Å². The van der Waals surface area contributed by atoms with Crippen LogP contribution in [0.15, 0.2) is 48.5 Å². The van der Waals surface area contributed by atoms with Gasteiger partial charge >= 0.3 is 0 Å². The monoisotopic (exact) mass is 277 g/mol. The van der Waals surface area contributed by atoms with Gasteiger partial charge in [0.1, 0.15) is 5.82 Å². The van der Waals surface area contributed by atoms with Gasteiger partial charge in [-0.1, -0.05) is 29.8 Å².